The van der Waals surface area contributed by atoms with Crippen LogP contribution in [-0.2, 0) is 14.3 Å². The number of carboxylic acids is 1. The number of hydrogen-bond donors (Lipinski definition) is 2. The maximum absolute atomic E-state index is 12.3. The van der Waals surface area contributed by atoms with Crippen LogP contribution < -0.4 is 5.32 Å². The molecule has 0 aliphatic carbocycles. The zero-order chi connectivity index (χ0) is 18.1. The standard InChI is InChI=1S/C13H17N5O5S/c1-13(2,3)23-12(22)16-7-9(19)18-8(11(20)21)6(4-15-17-14)5-24-10(7)18/h7,10H,4-5H2,1-3H3,(H,16,22)(H,20,21)/t7?,10-/m0/s1. The number of rotatable bonds is 4. The predicted molar refractivity (Wildman–Crippen MR) is 84.9 cm³/mol. The molecule has 0 aromatic heterocycles. The number of ether oxygens (including phenoxy) is 1. The third-order valence-electron chi connectivity index (χ3n) is 3.25. The molecule has 10 nitrogen and oxygen atoms in total. The summed E-state index contributed by atoms with van der Waals surface area (Å²) in [4.78, 5) is 39.3. The second-order valence-corrected chi connectivity index (χ2v) is 7.28. The highest BCUT2D eigenvalue weighted by molar-refractivity contribution is 8.00. The lowest BCUT2D eigenvalue weighted by molar-refractivity contribution is -0.149. The Labute approximate surface area is 141 Å². The van der Waals surface area contributed by atoms with E-state index in [0.29, 0.717) is 11.3 Å². The number of carboxylic acid groups (broad SMARTS) is 1. The van der Waals surface area contributed by atoms with Crippen molar-refractivity contribution in [3.8, 4) is 0 Å². The van der Waals surface area contributed by atoms with E-state index in [2.05, 4.69) is 15.3 Å². The second-order valence-electron chi connectivity index (χ2n) is 6.18. The summed E-state index contributed by atoms with van der Waals surface area (Å²) in [5.41, 5.74) is 7.86. The normalized spacial score (nSPS) is 23.0. The van der Waals surface area contributed by atoms with E-state index in [1.54, 1.807) is 20.8 Å². The molecule has 0 aromatic carbocycles. The lowest BCUT2D eigenvalue weighted by Gasteiger charge is -2.49. The van der Waals surface area contributed by atoms with Crippen LogP contribution in [0.5, 0.6) is 0 Å². The molecule has 2 rings (SSSR count). The molecule has 2 amide bonds. The summed E-state index contributed by atoms with van der Waals surface area (Å²) in [5, 5.41) is 14.7. The Hall–Kier alpha value is -2.39. The third-order valence-corrected chi connectivity index (χ3v) is 4.59. The number of aliphatic carboxylic acids is 1. The van der Waals surface area contributed by atoms with E-state index < -0.39 is 35.0 Å². The summed E-state index contributed by atoms with van der Waals surface area (Å²) >= 11 is 1.29. The first-order valence-corrected chi connectivity index (χ1v) is 8.11. The Balaban J connectivity index is 2.14. The van der Waals surface area contributed by atoms with Gasteiger partial charge in [-0.3, -0.25) is 9.69 Å². The van der Waals surface area contributed by atoms with Gasteiger partial charge >= 0.3 is 12.1 Å². The van der Waals surface area contributed by atoms with Gasteiger partial charge in [-0.15, -0.1) is 11.8 Å². The predicted octanol–water partition coefficient (Wildman–Crippen LogP) is 1.44. The third kappa shape index (κ3) is 3.57. The van der Waals surface area contributed by atoms with Crippen molar-refractivity contribution in [2.24, 2.45) is 5.11 Å². The van der Waals surface area contributed by atoms with Crippen LogP contribution in [0.1, 0.15) is 20.8 Å². The minimum absolute atomic E-state index is 0.119. The van der Waals surface area contributed by atoms with Gasteiger partial charge in [0, 0.05) is 10.7 Å². The number of thioether (sulfide) groups is 1. The highest BCUT2D eigenvalue weighted by atomic mass is 32.2. The van der Waals surface area contributed by atoms with Crippen LogP contribution in [0.4, 0.5) is 4.79 Å². The maximum atomic E-state index is 12.3. The lowest BCUT2D eigenvalue weighted by Crippen LogP contribution is -2.70. The molecular formula is C13H17N5O5S. The number of nitrogens with one attached hydrogen (secondary N) is 1. The van der Waals surface area contributed by atoms with Crippen molar-refractivity contribution in [3.05, 3.63) is 21.7 Å². The van der Waals surface area contributed by atoms with E-state index in [9.17, 15) is 19.5 Å². The Bertz CT molecular complexity index is 664. The van der Waals surface area contributed by atoms with Gasteiger partial charge in [0.05, 0.1) is 6.54 Å². The number of nitrogens with zero attached hydrogens (tertiary/aromatic N) is 4. The minimum Gasteiger partial charge on any atom is -0.477 e. The van der Waals surface area contributed by atoms with Crippen LogP contribution in [0.15, 0.2) is 16.4 Å². The van der Waals surface area contributed by atoms with E-state index in [4.69, 9.17) is 10.3 Å². The van der Waals surface area contributed by atoms with Crippen molar-refractivity contribution >= 4 is 29.7 Å². The maximum Gasteiger partial charge on any atom is 0.408 e. The zero-order valence-electron chi connectivity index (χ0n) is 13.3. The van der Waals surface area contributed by atoms with Crippen LogP contribution in [-0.4, -0.2) is 57.3 Å². The number of carbonyl (C=O) groups excluding carboxylic acids is 2. The van der Waals surface area contributed by atoms with Gasteiger partial charge < -0.3 is 15.2 Å². The van der Waals surface area contributed by atoms with Crippen LogP contribution in [0.25, 0.3) is 10.4 Å². The van der Waals surface area contributed by atoms with E-state index in [0.717, 1.165) is 4.90 Å². The van der Waals surface area contributed by atoms with Gasteiger partial charge in [0.1, 0.15) is 22.7 Å². The van der Waals surface area contributed by atoms with Crippen molar-refractivity contribution in [1.29, 1.82) is 0 Å². The first-order valence-electron chi connectivity index (χ1n) is 7.06. The molecule has 11 heteroatoms. The first kappa shape index (κ1) is 18.0. The van der Waals surface area contributed by atoms with Gasteiger partial charge in [-0.2, -0.15) is 0 Å². The molecule has 0 radical (unpaired) electrons. The smallest absolute Gasteiger partial charge is 0.408 e. The fourth-order valence-corrected chi connectivity index (χ4v) is 3.69. The van der Waals surface area contributed by atoms with Gasteiger partial charge in [-0.1, -0.05) is 5.11 Å². The molecular weight excluding hydrogens is 338 g/mol. The van der Waals surface area contributed by atoms with E-state index in [1.807, 2.05) is 0 Å². The quantitative estimate of drug-likeness (QED) is 0.338. The summed E-state index contributed by atoms with van der Waals surface area (Å²) in [7, 11) is 0. The number of carbonyl (C=O) groups is 3. The summed E-state index contributed by atoms with van der Waals surface area (Å²) in [5.74, 6) is -1.51. The average Bonchev–Trinajstić information content (AvgIpc) is 2.47. The van der Waals surface area contributed by atoms with Gasteiger partial charge in [0.15, 0.2) is 0 Å². The summed E-state index contributed by atoms with van der Waals surface area (Å²) in [6, 6.07) is -0.847. The molecule has 130 valence electrons. The second kappa shape index (κ2) is 6.62. The monoisotopic (exact) mass is 355 g/mol. The SMILES string of the molecule is CC(C)(C)OC(=O)NC1C(=O)N2C(C(=O)O)=C(CN=[N+]=[N-])CS[C@@H]12. The summed E-state index contributed by atoms with van der Waals surface area (Å²) in [6.07, 6.45) is -0.734. The zero-order valence-corrected chi connectivity index (χ0v) is 14.2. The number of azide groups is 1. The van der Waals surface area contributed by atoms with E-state index in [-0.39, 0.29) is 12.2 Å². The molecule has 2 heterocycles. The Kier molecular flexibility index (Phi) is 4.95. The van der Waals surface area contributed by atoms with E-state index >= 15 is 0 Å². The number of β-lactam (4-membered cyclic amide) rings is 1. The molecule has 2 aliphatic rings. The molecule has 1 saturated heterocycles. The van der Waals surface area contributed by atoms with Crippen LogP contribution >= 0.6 is 11.8 Å². The molecule has 2 atom stereocenters. The van der Waals surface area contributed by atoms with Crippen LogP contribution in [0.3, 0.4) is 0 Å². The molecule has 1 unspecified atom stereocenters. The Morgan fingerprint density at radius 2 is 2.21 bits per heavy atom. The number of hydrogen-bond acceptors (Lipinski definition) is 6. The Morgan fingerprint density at radius 1 is 1.54 bits per heavy atom. The fourth-order valence-electron chi connectivity index (χ4n) is 2.36. The summed E-state index contributed by atoms with van der Waals surface area (Å²) < 4.78 is 5.11. The molecule has 0 bridgehead atoms. The molecule has 0 saturated carbocycles. The van der Waals surface area contributed by atoms with E-state index in [1.165, 1.54) is 11.8 Å². The highest BCUT2D eigenvalue weighted by Gasteiger charge is 2.54. The van der Waals surface area contributed by atoms with Gasteiger partial charge in [-0.25, -0.2) is 9.59 Å². The fraction of sp³-hybridized carbons (Fsp3) is 0.615. The molecule has 2 N–H and O–H groups in total. The van der Waals surface area contributed by atoms with Crippen molar-refractivity contribution < 1.29 is 24.2 Å². The van der Waals surface area contributed by atoms with Crippen LogP contribution in [0, 0.1) is 0 Å². The summed E-state index contributed by atoms with van der Waals surface area (Å²) in [6.45, 7) is 4.98. The van der Waals surface area contributed by atoms with Crippen molar-refractivity contribution in [2.75, 3.05) is 12.3 Å². The topological polar surface area (TPSA) is 145 Å². The van der Waals surface area contributed by atoms with Gasteiger partial charge in [-0.05, 0) is 31.9 Å². The van der Waals surface area contributed by atoms with Crippen molar-refractivity contribution in [3.63, 3.8) is 0 Å². The molecule has 2 aliphatic heterocycles. The lowest BCUT2D eigenvalue weighted by atomic mass is 10.0. The van der Waals surface area contributed by atoms with Gasteiger partial charge in [0.2, 0.25) is 0 Å². The number of alkyl carbamates (subject to hydrolysis) is 1. The van der Waals surface area contributed by atoms with Crippen LogP contribution in [0.2, 0.25) is 0 Å². The van der Waals surface area contributed by atoms with Crippen molar-refractivity contribution in [2.45, 2.75) is 37.8 Å². The minimum atomic E-state index is -1.27. The van der Waals surface area contributed by atoms with Gasteiger partial charge in [0.25, 0.3) is 5.91 Å². The number of amides is 2. The molecule has 24 heavy (non-hydrogen) atoms. The highest BCUT2D eigenvalue weighted by Crippen LogP contribution is 2.40. The van der Waals surface area contributed by atoms with Crippen molar-refractivity contribution in [1.82, 2.24) is 10.2 Å². The average molecular weight is 355 g/mol. The largest absolute Gasteiger partial charge is 0.477 e. The molecule has 0 aromatic rings. The molecule has 1 fully saturated rings. The number of fused-ring (bicyclic) bond motifs is 1. The Morgan fingerprint density at radius 3 is 2.75 bits per heavy atom. The molecule has 0 spiro atoms. The first-order chi connectivity index (χ1) is 11.2.